The summed E-state index contributed by atoms with van der Waals surface area (Å²) in [6.45, 7) is 0. The highest BCUT2D eigenvalue weighted by molar-refractivity contribution is 7.51. The zero-order chi connectivity index (χ0) is 19.0. The number of rotatable bonds is 4. The normalized spacial score (nSPS) is 34.5. The first kappa shape index (κ1) is 16.7. The van der Waals surface area contributed by atoms with Crippen molar-refractivity contribution in [1.82, 2.24) is 28.8 Å². The Labute approximate surface area is 150 Å². The van der Waals surface area contributed by atoms with Gasteiger partial charge in [-0.15, -0.1) is 0 Å². The summed E-state index contributed by atoms with van der Waals surface area (Å²) in [6, 6.07) is 0. The number of nitrogens with zero attached hydrogens (tertiary/aromatic N) is 6. The maximum atomic E-state index is 12.3. The van der Waals surface area contributed by atoms with E-state index in [1.165, 1.54) is 29.6 Å². The highest BCUT2D eigenvalue weighted by Crippen LogP contribution is 2.60. The molecule has 5 N–H and O–H groups in total. The van der Waals surface area contributed by atoms with Gasteiger partial charge >= 0.3 is 7.75 Å². The molecular weight excluding hydrogens is 381 g/mol. The molecule has 1 aliphatic heterocycles. The molecule has 6 atom stereocenters. The third-order valence-electron chi connectivity index (χ3n) is 4.80. The van der Waals surface area contributed by atoms with Crippen molar-refractivity contribution in [2.75, 3.05) is 5.73 Å². The third kappa shape index (κ3) is 2.21. The van der Waals surface area contributed by atoms with E-state index < -0.39 is 37.9 Å². The van der Waals surface area contributed by atoms with Crippen LogP contribution in [0.5, 0.6) is 0 Å². The van der Waals surface area contributed by atoms with Gasteiger partial charge in [0.2, 0.25) is 0 Å². The van der Waals surface area contributed by atoms with Gasteiger partial charge in [0.1, 0.15) is 36.5 Å². The zero-order valence-corrected chi connectivity index (χ0v) is 14.4. The van der Waals surface area contributed by atoms with E-state index in [9.17, 15) is 19.7 Å². The first-order valence-electron chi connectivity index (χ1n) is 7.83. The predicted molar refractivity (Wildman–Crippen MR) is 86.9 cm³/mol. The van der Waals surface area contributed by atoms with Crippen molar-refractivity contribution in [2.45, 2.75) is 30.1 Å². The smallest absolute Gasteiger partial charge is 0.385 e. The van der Waals surface area contributed by atoms with Crippen LogP contribution in [-0.2, 0) is 13.8 Å². The Morgan fingerprint density at radius 1 is 1.33 bits per heavy atom. The van der Waals surface area contributed by atoms with Crippen LogP contribution in [0, 0.1) is 0 Å². The lowest BCUT2D eigenvalue weighted by molar-refractivity contribution is -0.0910. The summed E-state index contributed by atoms with van der Waals surface area (Å²) in [6.07, 6.45) is 1.62. The maximum absolute atomic E-state index is 12.3. The molecule has 1 saturated carbocycles. The zero-order valence-electron chi connectivity index (χ0n) is 13.5. The van der Waals surface area contributed by atoms with Gasteiger partial charge in [0.15, 0.2) is 23.3 Å². The van der Waals surface area contributed by atoms with Gasteiger partial charge in [-0.3, -0.25) is 9.09 Å². The van der Waals surface area contributed by atoms with E-state index in [1.807, 2.05) is 0 Å². The number of hydrogen-bond acceptors (Lipinski definition) is 10. The van der Waals surface area contributed by atoms with Gasteiger partial charge < -0.3 is 25.6 Å². The van der Waals surface area contributed by atoms with Crippen LogP contribution in [0.4, 0.5) is 5.82 Å². The summed E-state index contributed by atoms with van der Waals surface area (Å²) in [7, 11) is -4.29. The Morgan fingerprint density at radius 3 is 2.81 bits per heavy atom. The van der Waals surface area contributed by atoms with Crippen LogP contribution in [0.1, 0.15) is 6.23 Å². The topological polar surface area (TPSA) is 184 Å². The van der Waals surface area contributed by atoms with Crippen LogP contribution in [0.15, 0.2) is 31.4 Å². The Kier molecular flexibility index (Phi) is 3.30. The molecule has 0 radical (unpaired) electrons. The second-order valence-electron chi connectivity index (χ2n) is 6.32. The first-order chi connectivity index (χ1) is 12.8. The van der Waals surface area contributed by atoms with E-state index in [1.54, 1.807) is 0 Å². The number of imidazole rings is 2. The monoisotopic (exact) mass is 395 g/mol. The number of ether oxygens (including phenoxy) is 1. The quantitative estimate of drug-likeness (QED) is 0.383. The van der Waals surface area contributed by atoms with E-state index in [2.05, 4.69) is 19.9 Å². The van der Waals surface area contributed by atoms with Crippen molar-refractivity contribution in [3.05, 3.63) is 31.4 Å². The first-order valence-corrected chi connectivity index (χ1v) is 9.36. The second kappa shape index (κ2) is 5.32. The van der Waals surface area contributed by atoms with Crippen LogP contribution < -0.4 is 5.73 Å². The summed E-state index contributed by atoms with van der Waals surface area (Å²) < 4.78 is 25.4. The molecule has 5 rings (SSSR count). The number of aliphatic hydroxyl groups is 2. The average Bonchev–Trinajstić information content (AvgIpc) is 3.15. The van der Waals surface area contributed by atoms with Gasteiger partial charge in [-0.1, -0.05) is 0 Å². The largest absolute Gasteiger partial charge is 0.437 e. The number of nitrogens with two attached hydrogens (primary N) is 1. The van der Waals surface area contributed by atoms with E-state index in [0.29, 0.717) is 11.2 Å². The molecule has 0 spiro atoms. The highest BCUT2D eigenvalue weighted by atomic mass is 31.2. The fraction of sp³-hybridized carbons (Fsp3) is 0.385. The molecule has 0 amide bonds. The number of aliphatic hydroxyl groups excluding tert-OH is 1. The van der Waals surface area contributed by atoms with Crippen molar-refractivity contribution in [3.63, 3.8) is 0 Å². The van der Waals surface area contributed by atoms with Crippen molar-refractivity contribution in [3.8, 4) is 0 Å². The Hall–Kier alpha value is -2.41. The molecule has 2 aliphatic rings. The van der Waals surface area contributed by atoms with E-state index >= 15 is 0 Å². The summed E-state index contributed by atoms with van der Waals surface area (Å²) in [5, 5.41) is 21.3. The van der Waals surface area contributed by atoms with Gasteiger partial charge in [-0.2, -0.15) is 0 Å². The van der Waals surface area contributed by atoms with Gasteiger partial charge in [0.05, 0.1) is 6.33 Å². The van der Waals surface area contributed by atoms with Gasteiger partial charge in [-0.05, 0) is 0 Å². The average molecular weight is 395 g/mol. The molecule has 13 nitrogen and oxygen atoms in total. The van der Waals surface area contributed by atoms with Crippen LogP contribution in [0.25, 0.3) is 11.2 Å². The van der Waals surface area contributed by atoms with Gasteiger partial charge in [0, 0.05) is 12.4 Å². The number of hydrogen-bond donors (Lipinski definition) is 4. The number of aromatic nitrogens is 6. The molecule has 2 fully saturated rings. The van der Waals surface area contributed by atoms with Crippen LogP contribution in [-0.4, -0.2) is 67.9 Å². The van der Waals surface area contributed by atoms with Crippen LogP contribution in [0.2, 0.25) is 0 Å². The minimum absolute atomic E-state index is 0.165. The fourth-order valence-electron chi connectivity index (χ4n) is 3.32. The molecule has 142 valence electrons. The molecule has 3 aromatic rings. The Morgan fingerprint density at radius 2 is 2.15 bits per heavy atom. The lowest BCUT2D eigenvalue weighted by atomic mass is 10.1. The van der Waals surface area contributed by atoms with Gasteiger partial charge in [-0.25, -0.2) is 28.8 Å². The van der Waals surface area contributed by atoms with E-state index in [4.69, 9.17) is 15.0 Å². The molecule has 4 heterocycles. The molecule has 0 aromatic carbocycles. The Balaban J connectivity index is 1.40. The fourth-order valence-corrected chi connectivity index (χ4v) is 4.42. The van der Waals surface area contributed by atoms with Crippen molar-refractivity contribution in [2.24, 2.45) is 0 Å². The SMILES string of the molecule is Nc1ncnc2c1ncn2[C@@H]1O[C@@H]2C(OP(=O)(O)n3ccnc3)[C@]2(O)[C@H]1O. The lowest BCUT2D eigenvalue weighted by Gasteiger charge is -2.24. The van der Waals surface area contributed by atoms with Crippen molar-refractivity contribution < 1.29 is 28.9 Å². The molecule has 1 aliphatic carbocycles. The number of fused-ring (bicyclic) bond motifs is 2. The lowest BCUT2D eigenvalue weighted by Crippen LogP contribution is -2.37. The molecule has 1 saturated heterocycles. The number of anilines is 1. The third-order valence-corrected chi connectivity index (χ3v) is 6.12. The van der Waals surface area contributed by atoms with Crippen LogP contribution >= 0.6 is 7.75 Å². The second-order valence-corrected chi connectivity index (χ2v) is 7.98. The molecule has 14 heteroatoms. The molecule has 3 aromatic heterocycles. The minimum Gasteiger partial charge on any atom is -0.385 e. The molecular formula is C13H14N7O6P. The molecule has 2 unspecified atom stereocenters. The minimum atomic E-state index is -4.29. The summed E-state index contributed by atoms with van der Waals surface area (Å²) in [4.78, 5) is 25.7. The number of nitrogen functional groups attached to an aromatic ring is 1. The molecule has 27 heavy (non-hydrogen) atoms. The van der Waals surface area contributed by atoms with Crippen molar-refractivity contribution >= 4 is 24.7 Å². The van der Waals surface area contributed by atoms with Crippen LogP contribution in [0.3, 0.4) is 0 Å². The van der Waals surface area contributed by atoms with Crippen molar-refractivity contribution in [1.29, 1.82) is 0 Å². The summed E-state index contributed by atoms with van der Waals surface area (Å²) in [5.74, 6) is 0.165. The maximum Gasteiger partial charge on any atom is 0.437 e. The van der Waals surface area contributed by atoms with Gasteiger partial charge in [0.25, 0.3) is 0 Å². The van der Waals surface area contributed by atoms with E-state index in [0.717, 1.165) is 10.7 Å². The standard InChI is InChI=1S/C13H14N7O6P/c14-10-6-11(17-3-16-10)20(5-18-6)12-7(21)13(22)8(25-12)9(13)26-27(23,24)19-2-1-15-4-19/h1-5,7-9,12,21-22H,(H,23,24)(H2,14,16,17)/t7-,8+,9?,12+,13-/m0/s1. The predicted octanol–water partition coefficient (Wildman–Crippen LogP) is -1.36. The Bertz CT molecular complexity index is 1070. The highest BCUT2D eigenvalue weighted by Gasteiger charge is 2.79. The van der Waals surface area contributed by atoms with E-state index in [-0.39, 0.29) is 5.82 Å². The molecule has 0 bridgehead atoms. The summed E-state index contributed by atoms with van der Waals surface area (Å²) >= 11 is 0. The summed E-state index contributed by atoms with van der Waals surface area (Å²) in [5.41, 5.74) is 4.54.